The van der Waals surface area contributed by atoms with Gasteiger partial charge in [0.1, 0.15) is 6.10 Å². The van der Waals surface area contributed by atoms with Crippen LogP contribution in [0.4, 0.5) is 0 Å². The van der Waals surface area contributed by atoms with Crippen LogP contribution in [0.5, 0.6) is 5.88 Å². The van der Waals surface area contributed by atoms with Crippen molar-refractivity contribution < 1.29 is 4.74 Å². The van der Waals surface area contributed by atoms with E-state index < -0.39 is 0 Å². The maximum absolute atomic E-state index is 5.95. The molecule has 2 aliphatic rings. The number of fused-ring (bicyclic) bond motifs is 2. The lowest BCUT2D eigenvalue weighted by molar-refractivity contribution is -0.0474. The Hall–Kier alpha value is -0.320. The van der Waals surface area contributed by atoms with E-state index in [4.69, 9.17) is 4.74 Å². The van der Waals surface area contributed by atoms with Crippen molar-refractivity contribution in [2.45, 2.75) is 12.5 Å². The Kier molecular flexibility index (Phi) is 3.72. The van der Waals surface area contributed by atoms with Crippen molar-refractivity contribution in [1.29, 1.82) is 0 Å². The van der Waals surface area contributed by atoms with E-state index in [-0.39, 0.29) is 12.4 Å². The predicted molar refractivity (Wildman–Crippen MR) is 68.1 cm³/mol. The molecule has 1 unspecified atom stereocenters. The van der Waals surface area contributed by atoms with Crippen LogP contribution in [0.15, 0.2) is 22.8 Å². The molecule has 1 N–H and O–H groups in total. The molecule has 3 rings (SSSR count). The maximum atomic E-state index is 5.95. The van der Waals surface area contributed by atoms with Crippen LogP contribution in [-0.4, -0.2) is 24.2 Å². The Morgan fingerprint density at radius 1 is 1.38 bits per heavy atom. The molecule has 0 spiro atoms. The highest BCUT2D eigenvalue weighted by Crippen LogP contribution is 2.40. The molecule has 1 saturated heterocycles. The van der Waals surface area contributed by atoms with Crippen LogP contribution in [0.2, 0.25) is 0 Å². The summed E-state index contributed by atoms with van der Waals surface area (Å²) in [7, 11) is 0. The molecule has 2 bridgehead atoms. The summed E-state index contributed by atoms with van der Waals surface area (Å²) in [6.07, 6.45) is 3.45. The number of rotatable bonds is 2. The molecule has 16 heavy (non-hydrogen) atoms. The largest absolute Gasteiger partial charge is 0.473 e. The first kappa shape index (κ1) is 12.1. The minimum atomic E-state index is 0. The van der Waals surface area contributed by atoms with Gasteiger partial charge in [0.25, 0.3) is 0 Å². The second-order valence-corrected chi connectivity index (χ2v) is 5.14. The lowest BCUT2D eigenvalue weighted by Gasteiger charge is -2.48. The number of halogens is 2. The van der Waals surface area contributed by atoms with E-state index in [1.165, 1.54) is 6.42 Å². The van der Waals surface area contributed by atoms with Gasteiger partial charge in [0.2, 0.25) is 5.88 Å². The quantitative estimate of drug-likeness (QED) is 0.910. The van der Waals surface area contributed by atoms with Gasteiger partial charge in [-0.15, -0.1) is 12.4 Å². The topological polar surface area (TPSA) is 34.1 Å². The van der Waals surface area contributed by atoms with E-state index in [1.807, 2.05) is 12.1 Å². The van der Waals surface area contributed by atoms with Crippen molar-refractivity contribution in [1.82, 2.24) is 10.3 Å². The molecule has 1 saturated carbocycles. The fourth-order valence-electron chi connectivity index (χ4n) is 2.48. The second kappa shape index (κ2) is 4.90. The molecule has 5 heteroatoms. The molecule has 1 aromatic heterocycles. The first-order chi connectivity index (χ1) is 7.34. The summed E-state index contributed by atoms with van der Waals surface area (Å²) in [5.74, 6) is 2.09. The summed E-state index contributed by atoms with van der Waals surface area (Å²) in [6, 6.07) is 3.87. The van der Waals surface area contributed by atoms with Crippen molar-refractivity contribution in [3.8, 4) is 5.88 Å². The number of hydrogen-bond acceptors (Lipinski definition) is 3. The highest BCUT2D eigenvalue weighted by atomic mass is 79.9. The number of hydrogen-bond donors (Lipinski definition) is 1. The molecule has 2 fully saturated rings. The minimum absolute atomic E-state index is 0. The van der Waals surface area contributed by atoms with E-state index in [0.717, 1.165) is 23.4 Å². The number of nitrogens with one attached hydrogen (secondary N) is 1. The SMILES string of the molecule is Brc1cccnc1OC1[C@@H]2CNC[C@H]1C2.Cl. The van der Waals surface area contributed by atoms with E-state index >= 15 is 0 Å². The molecule has 0 aromatic carbocycles. The van der Waals surface area contributed by atoms with Crippen LogP contribution in [0.1, 0.15) is 6.42 Å². The highest BCUT2D eigenvalue weighted by molar-refractivity contribution is 9.10. The number of aromatic nitrogens is 1. The van der Waals surface area contributed by atoms with E-state index in [1.54, 1.807) is 6.20 Å². The van der Waals surface area contributed by atoms with Crippen molar-refractivity contribution in [2.75, 3.05) is 13.1 Å². The first-order valence-electron chi connectivity index (χ1n) is 5.32. The van der Waals surface area contributed by atoms with Crippen LogP contribution in [-0.2, 0) is 0 Å². The van der Waals surface area contributed by atoms with E-state index in [2.05, 4.69) is 26.2 Å². The fraction of sp³-hybridized carbons (Fsp3) is 0.545. The van der Waals surface area contributed by atoms with Gasteiger partial charge in [0.05, 0.1) is 4.47 Å². The number of ether oxygens (including phenoxy) is 1. The zero-order valence-corrected chi connectivity index (χ0v) is 11.1. The zero-order chi connectivity index (χ0) is 10.3. The molecule has 3 nitrogen and oxygen atoms in total. The number of pyridine rings is 1. The van der Waals surface area contributed by atoms with Crippen LogP contribution >= 0.6 is 28.3 Å². The van der Waals surface area contributed by atoms with Gasteiger partial charge in [-0.25, -0.2) is 4.98 Å². The third-order valence-electron chi connectivity index (χ3n) is 3.32. The Bertz CT molecular complexity index is 363. The van der Waals surface area contributed by atoms with Gasteiger partial charge in [-0.05, 0) is 34.5 Å². The number of piperidine rings is 2. The summed E-state index contributed by atoms with van der Waals surface area (Å²) >= 11 is 3.45. The molecule has 1 aromatic rings. The summed E-state index contributed by atoms with van der Waals surface area (Å²) in [5, 5.41) is 3.40. The predicted octanol–water partition coefficient (Wildman–Crippen LogP) is 2.25. The van der Waals surface area contributed by atoms with Gasteiger partial charge in [-0.2, -0.15) is 0 Å². The van der Waals surface area contributed by atoms with Crippen molar-refractivity contribution in [3.05, 3.63) is 22.8 Å². The van der Waals surface area contributed by atoms with E-state index in [0.29, 0.717) is 17.9 Å². The Labute approximate surface area is 110 Å². The summed E-state index contributed by atoms with van der Waals surface area (Å²) in [4.78, 5) is 4.24. The van der Waals surface area contributed by atoms with Gasteiger partial charge < -0.3 is 10.1 Å². The average Bonchev–Trinajstić information content (AvgIpc) is 2.29. The molecule has 0 radical (unpaired) electrons. The second-order valence-electron chi connectivity index (χ2n) is 4.29. The molecule has 2 heterocycles. The Morgan fingerprint density at radius 3 is 2.75 bits per heavy atom. The molecule has 1 aliphatic carbocycles. The number of nitrogens with zero attached hydrogens (tertiary/aromatic N) is 1. The normalized spacial score (nSPS) is 31.2. The highest BCUT2D eigenvalue weighted by Gasteiger charge is 2.45. The summed E-state index contributed by atoms with van der Waals surface area (Å²) in [5.41, 5.74) is 0. The zero-order valence-electron chi connectivity index (χ0n) is 8.73. The van der Waals surface area contributed by atoms with Crippen molar-refractivity contribution in [2.24, 2.45) is 11.8 Å². The molecule has 88 valence electrons. The van der Waals surface area contributed by atoms with Gasteiger partial charge in [0, 0.05) is 31.1 Å². The lowest BCUT2D eigenvalue weighted by atomic mass is 9.69. The van der Waals surface area contributed by atoms with Gasteiger partial charge in [0.15, 0.2) is 0 Å². The third-order valence-corrected chi connectivity index (χ3v) is 3.92. The summed E-state index contributed by atoms with van der Waals surface area (Å²) < 4.78 is 6.90. The van der Waals surface area contributed by atoms with Gasteiger partial charge >= 0.3 is 0 Å². The van der Waals surface area contributed by atoms with Gasteiger partial charge in [-0.1, -0.05) is 0 Å². The van der Waals surface area contributed by atoms with Crippen LogP contribution in [0.3, 0.4) is 0 Å². The first-order valence-corrected chi connectivity index (χ1v) is 6.12. The van der Waals surface area contributed by atoms with Crippen LogP contribution in [0, 0.1) is 11.8 Å². The Morgan fingerprint density at radius 2 is 2.12 bits per heavy atom. The van der Waals surface area contributed by atoms with Crippen molar-refractivity contribution in [3.63, 3.8) is 0 Å². The average molecular weight is 306 g/mol. The molecule has 1 aliphatic heterocycles. The fourth-order valence-corrected chi connectivity index (χ4v) is 2.83. The smallest absolute Gasteiger partial charge is 0.228 e. The molecular formula is C11H14BrClN2O. The van der Waals surface area contributed by atoms with Crippen LogP contribution in [0.25, 0.3) is 0 Å². The maximum Gasteiger partial charge on any atom is 0.228 e. The molecular weight excluding hydrogens is 291 g/mol. The van der Waals surface area contributed by atoms with Gasteiger partial charge in [-0.3, -0.25) is 0 Å². The van der Waals surface area contributed by atoms with Crippen LogP contribution < -0.4 is 10.1 Å². The summed E-state index contributed by atoms with van der Waals surface area (Å²) in [6.45, 7) is 2.18. The Balaban J connectivity index is 0.000000963. The minimum Gasteiger partial charge on any atom is -0.473 e. The molecule has 3 atom stereocenters. The van der Waals surface area contributed by atoms with Crippen molar-refractivity contribution >= 4 is 28.3 Å². The molecule has 0 amide bonds. The monoisotopic (exact) mass is 304 g/mol. The van der Waals surface area contributed by atoms with E-state index in [9.17, 15) is 0 Å². The third kappa shape index (κ3) is 2.06. The lowest BCUT2D eigenvalue weighted by Crippen LogP contribution is -2.59. The standard InChI is InChI=1S/C11H13BrN2O.ClH/c12-9-2-1-3-14-11(9)15-10-7-4-8(10)6-13-5-7;/h1-3,7-8,10,13H,4-6H2;1H/t7-,8+,10?;.